The Morgan fingerprint density at radius 3 is 2.48 bits per heavy atom. The Balaban J connectivity index is 2.11. The molecule has 0 bridgehead atoms. The van der Waals surface area contributed by atoms with E-state index in [1.54, 1.807) is 11.3 Å². The molecule has 0 unspecified atom stereocenters. The number of nitrogens with zero attached hydrogens (tertiary/aromatic N) is 3. The van der Waals surface area contributed by atoms with E-state index >= 15 is 0 Å². The predicted octanol–water partition coefficient (Wildman–Crippen LogP) is 3.80. The van der Waals surface area contributed by atoms with Crippen LogP contribution in [0, 0.1) is 6.92 Å². The first-order chi connectivity index (χ1) is 10.1. The molecule has 21 heavy (non-hydrogen) atoms. The minimum Gasteiger partial charge on any atom is -0.370 e. The van der Waals surface area contributed by atoms with Gasteiger partial charge in [0.1, 0.15) is 22.5 Å². The van der Waals surface area contributed by atoms with Gasteiger partial charge in [0, 0.05) is 29.6 Å². The van der Waals surface area contributed by atoms with Gasteiger partial charge in [0.25, 0.3) is 0 Å². The number of anilines is 2. The van der Waals surface area contributed by atoms with Crippen LogP contribution < -0.4 is 10.6 Å². The Bertz CT molecular complexity index is 579. The van der Waals surface area contributed by atoms with E-state index in [4.69, 9.17) is 0 Å². The molecule has 0 aliphatic rings. The first-order valence-electron chi connectivity index (χ1n) is 7.36. The van der Waals surface area contributed by atoms with Gasteiger partial charge in [0.05, 0.1) is 6.54 Å². The highest BCUT2D eigenvalue weighted by Crippen LogP contribution is 2.18. The predicted molar refractivity (Wildman–Crippen MR) is 89.1 cm³/mol. The molecule has 0 saturated carbocycles. The zero-order chi connectivity index (χ0) is 15.2. The van der Waals surface area contributed by atoms with E-state index in [0.29, 0.717) is 12.5 Å². The average Bonchev–Trinajstić information content (AvgIpc) is 2.88. The molecule has 0 amide bonds. The van der Waals surface area contributed by atoms with Gasteiger partial charge in [-0.05, 0) is 13.3 Å². The summed E-state index contributed by atoms with van der Waals surface area (Å²) >= 11 is 1.70. The zero-order valence-corrected chi connectivity index (χ0v) is 13.9. The van der Waals surface area contributed by atoms with Gasteiger partial charge >= 0.3 is 0 Å². The maximum Gasteiger partial charge on any atom is 0.135 e. The van der Waals surface area contributed by atoms with Gasteiger partial charge in [-0.15, -0.1) is 11.3 Å². The Labute approximate surface area is 130 Å². The highest BCUT2D eigenvalue weighted by atomic mass is 32.1. The summed E-state index contributed by atoms with van der Waals surface area (Å²) in [6, 6.07) is 1.96. The fourth-order valence-electron chi connectivity index (χ4n) is 1.81. The first-order valence-corrected chi connectivity index (χ1v) is 8.18. The first kappa shape index (κ1) is 15.7. The Morgan fingerprint density at radius 1 is 1.19 bits per heavy atom. The highest BCUT2D eigenvalue weighted by molar-refractivity contribution is 7.11. The minimum atomic E-state index is 0.302. The van der Waals surface area contributed by atoms with Crippen molar-refractivity contribution in [1.82, 2.24) is 15.0 Å². The van der Waals surface area contributed by atoms with Crippen LogP contribution in [-0.4, -0.2) is 21.5 Å². The number of aromatic nitrogens is 3. The summed E-state index contributed by atoms with van der Waals surface area (Å²) in [6.45, 7) is 10.0. The second-order valence-electron chi connectivity index (χ2n) is 5.30. The molecule has 0 saturated heterocycles. The van der Waals surface area contributed by atoms with Crippen molar-refractivity contribution in [3.8, 4) is 0 Å². The van der Waals surface area contributed by atoms with Crippen LogP contribution in [0.25, 0.3) is 0 Å². The van der Waals surface area contributed by atoms with E-state index in [2.05, 4.69) is 53.3 Å². The van der Waals surface area contributed by atoms with E-state index in [0.717, 1.165) is 35.4 Å². The zero-order valence-electron chi connectivity index (χ0n) is 13.1. The summed E-state index contributed by atoms with van der Waals surface area (Å²) in [4.78, 5) is 14.7. The normalized spacial score (nSPS) is 10.9. The molecule has 0 aliphatic heterocycles. The number of rotatable bonds is 7. The van der Waals surface area contributed by atoms with Crippen molar-refractivity contribution >= 4 is 23.0 Å². The second-order valence-corrected chi connectivity index (χ2v) is 6.62. The molecule has 0 radical (unpaired) electrons. The lowest BCUT2D eigenvalue weighted by atomic mass is 10.2. The second kappa shape index (κ2) is 7.36. The van der Waals surface area contributed by atoms with Crippen molar-refractivity contribution in [3.05, 3.63) is 28.0 Å². The lowest BCUT2D eigenvalue weighted by Crippen LogP contribution is -2.09. The van der Waals surface area contributed by atoms with Gasteiger partial charge in [-0.2, -0.15) is 0 Å². The fraction of sp³-hybridized carbons (Fsp3) is 0.533. The van der Waals surface area contributed by atoms with Crippen molar-refractivity contribution in [2.45, 2.75) is 46.6 Å². The van der Waals surface area contributed by atoms with Crippen LogP contribution >= 0.6 is 11.3 Å². The topological polar surface area (TPSA) is 62.7 Å². The van der Waals surface area contributed by atoms with Crippen molar-refractivity contribution in [1.29, 1.82) is 0 Å². The minimum absolute atomic E-state index is 0.302. The third kappa shape index (κ3) is 4.67. The molecular weight excluding hydrogens is 282 g/mol. The summed E-state index contributed by atoms with van der Waals surface area (Å²) in [7, 11) is 0. The van der Waals surface area contributed by atoms with Gasteiger partial charge in [0.2, 0.25) is 0 Å². The number of hydrogen-bond acceptors (Lipinski definition) is 6. The van der Waals surface area contributed by atoms with Crippen LogP contribution in [0.3, 0.4) is 0 Å². The molecule has 2 N–H and O–H groups in total. The van der Waals surface area contributed by atoms with E-state index in [1.165, 1.54) is 4.88 Å². The number of aryl methyl sites for hydroxylation is 1. The number of thiazole rings is 1. The maximum absolute atomic E-state index is 4.58. The molecule has 0 fully saturated rings. The highest BCUT2D eigenvalue weighted by Gasteiger charge is 2.08. The van der Waals surface area contributed by atoms with Crippen LogP contribution in [0.1, 0.15) is 48.8 Å². The molecule has 0 aliphatic carbocycles. The average molecular weight is 305 g/mol. The van der Waals surface area contributed by atoms with Gasteiger partial charge in [-0.3, -0.25) is 0 Å². The third-order valence-corrected chi connectivity index (χ3v) is 3.82. The standard InChI is InChI=1S/C15H23N5S/c1-5-6-16-12-7-13(20-15(19-12)10(2)3)17-9-14-18-8-11(4)21-14/h7-8,10H,5-6,9H2,1-4H3,(H2,16,17,19,20). The van der Waals surface area contributed by atoms with Gasteiger partial charge in [0.15, 0.2) is 0 Å². The fourth-order valence-corrected chi connectivity index (χ4v) is 2.53. The molecule has 0 spiro atoms. The van der Waals surface area contributed by atoms with Crippen molar-refractivity contribution < 1.29 is 0 Å². The van der Waals surface area contributed by atoms with Gasteiger partial charge < -0.3 is 10.6 Å². The van der Waals surface area contributed by atoms with Crippen molar-refractivity contribution in [2.24, 2.45) is 0 Å². The van der Waals surface area contributed by atoms with E-state index in [1.807, 2.05) is 12.3 Å². The molecule has 114 valence electrons. The Kier molecular flexibility index (Phi) is 5.50. The third-order valence-electron chi connectivity index (χ3n) is 2.91. The van der Waals surface area contributed by atoms with Crippen LogP contribution in [0.2, 0.25) is 0 Å². The molecule has 2 rings (SSSR count). The van der Waals surface area contributed by atoms with E-state index in [9.17, 15) is 0 Å². The van der Waals surface area contributed by atoms with Crippen LogP contribution in [0.15, 0.2) is 12.3 Å². The summed E-state index contributed by atoms with van der Waals surface area (Å²) < 4.78 is 0. The van der Waals surface area contributed by atoms with Crippen molar-refractivity contribution in [2.75, 3.05) is 17.2 Å². The molecule has 5 nitrogen and oxygen atoms in total. The summed E-state index contributed by atoms with van der Waals surface area (Å²) in [6.07, 6.45) is 2.97. The Hall–Kier alpha value is -1.69. The molecule has 2 heterocycles. The Morgan fingerprint density at radius 2 is 1.90 bits per heavy atom. The molecule has 2 aromatic heterocycles. The van der Waals surface area contributed by atoms with Crippen LogP contribution in [0.5, 0.6) is 0 Å². The molecule has 0 atom stereocenters. The molecule has 0 aromatic carbocycles. The quantitative estimate of drug-likeness (QED) is 0.814. The monoisotopic (exact) mass is 305 g/mol. The summed E-state index contributed by atoms with van der Waals surface area (Å²) in [5.41, 5.74) is 0. The van der Waals surface area contributed by atoms with Gasteiger partial charge in [-0.25, -0.2) is 15.0 Å². The van der Waals surface area contributed by atoms with Crippen LogP contribution in [-0.2, 0) is 6.54 Å². The number of nitrogens with one attached hydrogen (secondary N) is 2. The SMILES string of the molecule is CCCNc1cc(NCc2ncc(C)s2)nc(C(C)C)n1. The lowest BCUT2D eigenvalue weighted by molar-refractivity contribution is 0.773. The van der Waals surface area contributed by atoms with Crippen LogP contribution in [0.4, 0.5) is 11.6 Å². The molecular formula is C15H23N5S. The number of hydrogen-bond donors (Lipinski definition) is 2. The molecule has 2 aromatic rings. The maximum atomic E-state index is 4.58. The van der Waals surface area contributed by atoms with Crippen molar-refractivity contribution in [3.63, 3.8) is 0 Å². The summed E-state index contributed by atoms with van der Waals surface area (Å²) in [5, 5.41) is 7.74. The lowest BCUT2D eigenvalue weighted by Gasteiger charge is -2.12. The largest absolute Gasteiger partial charge is 0.370 e. The smallest absolute Gasteiger partial charge is 0.135 e. The molecule has 6 heteroatoms. The van der Waals surface area contributed by atoms with E-state index < -0.39 is 0 Å². The van der Waals surface area contributed by atoms with Gasteiger partial charge in [-0.1, -0.05) is 20.8 Å². The van der Waals surface area contributed by atoms with E-state index in [-0.39, 0.29) is 0 Å². The summed E-state index contributed by atoms with van der Waals surface area (Å²) in [5.74, 6) is 2.89.